The third-order valence-corrected chi connectivity index (χ3v) is 9.53. The molecule has 0 spiro atoms. The van der Waals surface area contributed by atoms with E-state index in [1.807, 2.05) is 72.1 Å². The Morgan fingerprint density at radius 1 is 1.11 bits per heavy atom. The standard InChI is InChI=1S/C26H24BrIN2O4S2/c1-32-23-13-18(12-22(28)25(23)34-15-17-2-6-20(27)7-3-17)14-29-30-24(31)16-33-21-8-4-19(5-9-21)26-35-10-11-36-26/h2-9,12-14,26H,10-11,15-16H2,1H3,(H,30,31)/b29-14-. The van der Waals surface area contributed by atoms with Crippen LogP contribution in [0.15, 0.2) is 70.2 Å². The van der Waals surface area contributed by atoms with E-state index in [0.717, 1.165) is 19.2 Å². The predicted molar refractivity (Wildman–Crippen MR) is 160 cm³/mol. The highest BCUT2D eigenvalue weighted by Crippen LogP contribution is 2.45. The fraction of sp³-hybridized carbons (Fsp3) is 0.231. The average Bonchev–Trinajstić information content (AvgIpc) is 3.43. The molecule has 6 nitrogen and oxygen atoms in total. The molecule has 1 amide bonds. The van der Waals surface area contributed by atoms with Gasteiger partial charge in [-0.1, -0.05) is 40.2 Å². The van der Waals surface area contributed by atoms with Crippen LogP contribution in [0.1, 0.15) is 21.3 Å². The summed E-state index contributed by atoms with van der Waals surface area (Å²) in [5.41, 5.74) is 5.60. The van der Waals surface area contributed by atoms with Gasteiger partial charge in [0.1, 0.15) is 12.4 Å². The minimum atomic E-state index is -0.339. The molecular formula is C26H24BrIN2O4S2. The first kappa shape index (κ1) is 27.2. The third-order valence-electron chi connectivity index (χ3n) is 5.10. The number of carbonyl (C=O) groups is 1. The second-order valence-corrected chi connectivity index (χ2v) is 12.5. The van der Waals surface area contributed by atoms with Crippen molar-refractivity contribution in [3.63, 3.8) is 0 Å². The maximum Gasteiger partial charge on any atom is 0.277 e. The topological polar surface area (TPSA) is 69.2 Å². The number of ether oxygens (including phenoxy) is 3. The number of thioether (sulfide) groups is 2. The molecule has 0 radical (unpaired) electrons. The van der Waals surface area contributed by atoms with E-state index in [2.05, 4.69) is 61.2 Å². The number of carbonyl (C=O) groups excluding carboxylic acids is 1. The second-order valence-electron chi connectivity index (χ2n) is 7.67. The molecule has 3 aromatic rings. The van der Waals surface area contributed by atoms with E-state index in [1.165, 1.54) is 17.1 Å². The zero-order chi connectivity index (χ0) is 25.3. The highest BCUT2D eigenvalue weighted by atomic mass is 127. The monoisotopic (exact) mass is 698 g/mol. The lowest BCUT2D eigenvalue weighted by Crippen LogP contribution is -2.24. The van der Waals surface area contributed by atoms with Gasteiger partial charge in [-0.05, 0) is 75.7 Å². The van der Waals surface area contributed by atoms with Crippen LogP contribution < -0.4 is 19.6 Å². The molecule has 0 saturated carbocycles. The van der Waals surface area contributed by atoms with Gasteiger partial charge < -0.3 is 14.2 Å². The lowest BCUT2D eigenvalue weighted by molar-refractivity contribution is -0.123. The van der Waals surface area contributed by atoms with E-state index in [1.54, 1.807) is 13.3 Å². The number of nitrogens with one attached hydrogen (secondary N) is 1. The van der Waals surface area contributed by atoms with Gasteiger partial charge in [0.25, 0.3) is 5.91 Å². The largest absolute Gasteiger partial charge is 0.493 e. The first-order valence-electron chi connectivity index (χ1n) is 11.0. The summed E-state index contributed by atoms with van der Waals surface area (Å²) in [5.74, 6) is 3.94. The van der Waals surface area contributed by atoms with Crippen molar-refractivity contribution in [1.82, 2.24) is 5.43 Å². The van der Waals surface area contributed by atoms with E-state index in [0.29, 0.717) is 28.4 Å². The molecule has 0 atom stereocenters. The predicted octanol–water partition coefficient (Wildman–Crippen LogP) is 6.65. The molecule has 0 aliphatic carbocycles. The maximum absolute atomic E-state index is 12.2. The molecule has 1 aliphatic rings. The molecule has 36 heavy (non-hydrogen) atoms. The number of hydrazone groups is 1. The maximum atomic E-state index is 12.2. The number of hydrogen-bond acceptors (Lipinski definition) is 7. The van der Waals surface area contributed by atoms with Gasteiger partial charge in [0, 0.05) is 16.0 Å². The molecule has 1 heterocycles. The first-order chi connectivity index (χ1) is 17.5. The van der Waals surface area contributed by atoms with E-state index >= 15 is 0 Å². The molecule has 0 unspecified atom stereocenters. The Labute approximate surface area is 241 Å². The summed E-state index contributed by atoms with van der Waals surface area (Å²) >= 11 is 9.55. The lowest BCUT2D eigenvalue weighted by atomic mass is 10.2. The van der Waals surface area contributed by atoms with Crippen LogP contribution in [0.4, 0.5) is 0 Å². The summed E-state index contributed by atoms with van der Waals surface area (Å²) in [4.78, 5) is 12.2. The molecule has 1 aliphatic heterocycles. The Bertz CT molecular complexity index is 1200. The molecule has 1 saturated heterocycles. The van der Waals surface area contributed by atoms with Crippen molar-refractivity contribution in [3.05, 3.63) is 85.4 Å². The van der Waals surface area contributed by atoms with Gasteiger partial charge in [-0.2, -0.15) is 5.10 Å². The summed E-state index contributed by atoms with van der Waals surface area (Å²) in [6, 6.07) is 19.6. The van der Waals surface area contributed by atoms with Gasteiger partial charge >= 0.3 is 0 Å². The van der Waals surface area contributed by atoms with Crippen LogP contribution in [0.25, 0.3) is 0 Å². The van der Waals surface area contributed by atoms with Gasteiger partial charge in [-0.25, -0.2) is 5.43 Å². The van der Waals surface area contributed by atoms with E-state index in [4.69, 9.17) is 14.2 Å². The summed E-state index contributed by atoms with van der Waals surface area (Å²) < 4.78 is 19.5. The van der Waals surface area contributed by atoms with Gasteiger partial charge in [0.2, 0.25) is 0 Å². The number of hydrogen-bond donors (Lipinski definition) is 1. The van der Waals surface area contributed by atoms with Crippen molar-refractivity contribution in [1.29, 1.82) is 0 Å². The molecule has 1 fully saturated rings. The summed E-state index contributed by atoms with van der Waals surface area (Å²) in [7, 11) is 1.59. The Balaban J connectivity index is 1.28. The number of methoxy groups -OCH3 is 1. The molecule has 1 N–H and O–H groups in total. The second kappa shape index (κ2) is 13.6. The Morgan fingerprint density at radius 2 is 1.83 bits per heavy atom. The van der Waals surface area contributed by atoms with E-state index < -0.39 is 0 Å². The number of rotatable bonds is 10. The highest BCUT2D eigenvalue weighted by Gasteiger charge is 2.18. The molecule has 0 aromatic heterocycles. The quantitative estimate of drug-likeness (QED) is 0.145. The van der Waals surface area contributed by atoms with Crippen LogP contribution in [0.3, 0.4) is 0 Å². The molecule has 188 valence electrons. The summed E-state index contributed by atoms with van der Waals surface area (Å²) in [6.07, 6.45) is 1.56. The van der Waals surface area contributed by atoms with Gasteiger partial charge in [-0.3, -0.25) is 4.79 Å². The number of amides is 1. The van der Waals surface area contributed by atoms with Crippen molar-refractivity contribution in [3.8, 4) is 17.2 Å². The van der Waals surface area contributed by atoms with E-state index in [9.17, 15) is 4.79 Å². The van der Waals surface area contributed by atoms with Crippen molar-refractivity contribution in [2.45, 2.75) is 11.2 Å². The minimum Gasteiger partial charge on any atom is -0.493 e. The van der Waals surface area contributed by atoms with Crippen LogP contribution in [-0.2, 0) is 11.4 Å². The number of nitrogens with zero attached hydrogens (tertiary/aromatic N) is 1. The van der Waals surface area contributed by atoms with Crippen molar-refractivity contribution < 1.29 is 19.0 Å². The Morgan fingerprint density at radius 3 is 2.53 bits per heavy atom. The van der Waals surface area contributed by atoms with Crippen LogP contribution in [0, 0.1) is 3.57 Å². The summed E-state index contributed by atoms with van der Waals surface area (Å²) in [6.45, 7) is 0.303. The van der Waals surface area contributed by atoms with Crippen LogP contribution >= 0.6 is 62.0 Å². The smallest absolute Gasteiger partial charge is 0.277 e. The summed E-state index contributed by atoms with van der Waals surface area (Å²) in [5, 5.41) is 4.05. The Hall–Kier alpha value is -1.89. The SMILES string of the molecule is COc1cc(/C=N\NC(=O)COc2ccc(C3SCCS3)cc2)cc(I)c1OCc1ccc(Br)cc1. The molecule has 4 rings (SSSR count). The van der Waals surface area contributed by atoms with Crippen LogP contribution in [0.5, 0.6) is 17.2 Å². The Kier molecular flexibility index (Phi) is 10.3. The van der Waals surface area contributed by atoms with Crippen LogP contribution in [-0.4, -0.2) is 37.3 Å². The minimum absolute atomic E-state index is 0.118. The van der Waals surface area contributed by atoms with Gasteiger partial charge in [0.05, 0.1) is 21.5 Å². The number of benzene rings is 3. The van der Waals surface area contributed by atoms with Gasteiger partial charge in [-0.15, -0.1) is 23.5 Å². The fourth-order valence-corrected chi connectivity index (χ4v) is 7.23. The van der Waals surface area contributed by atoms with Crippen LogP contribution in [0.2, 0.25) is 0 Å². The molecule has 10 heteroatoms. The molecule has 3 aromatic carbocycles. The van der Waals surface area contributed by atoms with Crippen molar-refractivity contribution in [2.75, 3.05) is 25.2 Å². The highest BCUT2D eigenvalue weighted by molar-refractivity contribution is 14.1. The zero-order valence-corrected chi connectivity index (χ0v) is 24.8. The fourth-order valence-electron chi connectivity index (χ4n) is 3.32. The normalized spacial score (nSPS) is 13.6. The lowest BCUT2D eigenvalue weighted by Gasteiger charge is -2.13. The molecular weight excluding hydrogens is 675 g/mol. The number of halogens is 2. The third kappa shape index (κ3) is 7.80. The molecule has 0 bridgehead atoms. The zero-order valence-electron chi connectivity index (χ0n) is 19.4. The van der Waals surface area contributed by atoms with Gasteiger partial charge in [0.15, 0.2) is 18.1 Å². The van der Waals surface area contributed by atoms with Crippen molar-refractivity contribution >= 4 is 74.2 Å². The first-order valence-corrected chi connectivity index (χ1v) is 15.0. The average molecular weight is 699 g/mol. The van der Waals surface area contributed by atoms with E-state index in [-0.39, 0.29) is 12.5 Å². The van der Waals surface area contributed by atoms with Crippen molar-refractivity contribution in [2.24, 2.45) is 5.10 Å².